The molecule has 0 heterocycles. The molecular formula is C17H19BCl2N4O2. The number of hydrogen-bond acceptors (Lipinski definition) is 4. The number of carbonyl (C=O) groups excluding carboxylic acids is 1. The maximum Gasteiger partial charge on any atom is 0.429 e. The van der Waals surface area contributed by atoms with Gasteiger partial charge in [-0.05, 0) is 41.6 Å². The summed E-state index contributed by atoms with van der Waals surface area (Å²) in [6.07, 6.45) is 0.284. The van der Waals surface area contributed by atoms with Crippen molar-refractivity contribution in [3.05, 3.63) is 58.6 Å². The number of halogens is 2. The molecule has 136 valence electrons. The molecule has 0 saturated heterocycles. The molecule has 6 N–H and O–H groups in total. The maximum atomic E-state index is 12.4. The molecule has 9 heteroatoms. The molecule has 0 radical (unpaired) electrons. The average molecular weight is 393 g/mol. The molecule has 0 amide bonds. The Balaban J connectivity index is 2.15. The van der Waals surface area contributed by atoms with E-state index < -0.39 is 18.9 Å². The number of guanidine groups is 1. The monoisotopic (exact) mass is 392 g/mol. The Labute approximate surface area is 162 Å². The average Bonchev–Trinajstić information content (AvgIpc) is 2.61. The predicted octanol–water partition coefficient (Wildman–Crippen LogP) is 0.843. The second-order valence-electron chi connectivity index (χ2n) is 5.66. The van der Waals surface area contributed by atoms with E-state index in [4.69, 9.17) is 44.7 Å². The lowest BCUT2D eigenvalue weighted by Crippen LogP contribution is -2.49. The molecule has 0 saturated carbocycles. The van der Waals surface area contributed by atoms with Crippen molar-refractivity contribution in [3.8, 4) is 0 Å². The van der Waals surface area contributed by atoms with Crippen LogP contribution in [0.15, 0.2) is 48.5 Å². The van der Waals surface area contributed by atoms with Gasteiger partial charge in [0.05, 0.1) is 0 Å². The third kappa shape index (κ3) is 5.95. The fourth-order valence-electron chi connectivity index (χ4n) is 2.29. The molecule has 0 fully saturated rings. The van der Waals surface area contributed by atoms with Crippen LogP contribution in [0.25, 0.3) is 0 Å². The minimum atomic E-state index is -0.844. The maximum absolute atomic E-state index is 12.4. The normalized spacial score (nSPS) is 11.5. The van der Waals surface area contributed by atoms with Gasteiger partial charge < -0.3 is 21.4 Å². The van der Waals surface area contributed by atoms with Crippen LogP contribution in [-0.4, -0.2) is 31.4 Å². The fourth-order valence-corrected chi connectivity index (χ4v) is 2.54. The van der Waals surface area contributed by atoms with Gasteiger partial charge in [-0.25, -0.2) is 0 Å². The highest BCUT2D eigenvalue weighted by Gasteiger charge is 2.28. The minimum absolute atomic E-state index is 0.175. The fraction of sp³-hybridized carbons (Fsp3) is 0.176. The van der Waals surface area contributed by atoms with Gasteiger partial charge in [-0.2, -0.15) is 0 Å². The van der Waals surface area contributed by atoms with Crippen LogP contribution in [0, 0.1) is 5.41 Å². The Hall–Kier alpha value is -2.22. The van der Waals surface area contributed by atoms with Crippen molar-refractivity contribution >= 4 is 53.0 Å². The second kappa shape index (κ2) is 9.47. The van der Waals surface area contributed by atoms with E-state index in [2.05, 4.69) is 5.32 Å². The van der Waals surface area contributed by atoms with Gasteiger partial charge in [0.2, 0.25) is 0 Å². The molecule has 26 heavy (non-hydrogen) atoms. The Morgan fingerprint density at radius 3 is 1.96 bits per heavy atom. The van der Waals surface area contributed by atoms with E-state index in [0.717, 1.165) is 10.9 Å². The summed E-state index contributed by atoms with van der Waals surface area (Å²) in [7, 11) is 0. The van der Waals surface area contributed by atoms with E-state index in [1.165, 1.54) is 0 Å². The third-order valence-corrected chi connectivity index (χ3v) is 4.16. The number of carbonyl (C=O) groups is 1. The topological polar surface area (TPSA) is 114 Å². The van der Waals surface area contributed by atoms with Crippen molar-refractivity contribution < 1.29 is 9.45 Å². The van der Waals surface area contributed by atoms with Crippen LogP contribution in [0.2, 0.25) is 10.0 Å². The Morgan fingerprint density at radius 1 is 1.08 bits per heavy atom. The zero-order valence-corrected chi connectivity index (χ0v) is 15.4. The highest BCUT2D eigenvalue weighted by molar-refractivity contribution is 6.81. The lowest BCUT2D eigenvalue weighted by molar-refractivity contribution is -0.136. The van der Waals surface area contributed by atoms with E-state index in [1.54, 1.807) is 48.5 Å². The van der Waals surface area contributed by atoms with Gasteiger partial charge in [0.25, 0.3) is 0 Å². The second-order valence-corrected chi connectivity index (χ2v) is 6.53. The first-order chi connectivity index (χ1) is 12.4. The first-order valence-corrected chi connectivity index (χ1v) is 8.67. The summed E-state index contributed by atoms with van der Waals surface area (Å²) in [6.45, 7) is -0.332. The summed E-state index contributed by atoms with van der Waals surface area (Å²) in [4.78, 5) is 12.4. The molecule has 0 aliphatic rings. The Bertz CT molecular complexity index is 711. The molecule has 0 aromatic heterocycles. The summed E-state index contributed by atoms with van der Waals surface area (Å²) in [5.41, 5.74) is 12.6. The highest BCUT2D eigenvalue weighted by Crippen LogP contribution is 2.08. The van der Waals surface area contributed by atoms with Crippen molar-refractivity contribution in [2.75, 3.05) is 6.54 Å². The lowest BCUT2D eigenvalue weighted by Gasteiger charge is -2.19. The first kappa shape index (κ1) is 20.1. The molecule has 6 nitrogen and oxygen atoms in total. The summed E-state index contributed by atoms with van der Waals surface area (Å²) < 4.78 is 5.66. The molecular weight excluding hydrogens is 374 g/mol. The lowest BCUT2D eigenvalue weighted by atomic mass is 9.55. The summed E-state index contributed by atoms with van der Waals surface area (Å²) in [6, 6.07) is 13.2. The van der Waals surface area contributed by atoms with Crippen LogP contribution in [0.5, 0.6) is 0 Å². The SMILES string of the molecule is N=C(N)NCCC(N)C(=O)OB(c1ccc(Cl)cc1)c1ccc(Cl)cc1. The molecule has 2 aromatic carbocycles. The van der Waals surface area contributed by atoms with E-state index in [1.807, 2.05) is 0 Å². The van der Waals surface area contributed by atoms with E-state index in [-0.39, 0.29) is 12.4 Å². The van der Waals surface area contributed by atoms with Crippen molar-refractivity contribution in [1.29, 1.82) is 5.41 Å². The first-order valence-electron chi connectivity index (χ1n) is 7.91. The van der Waals surface area contributed by atoms with Gasteiger partial charge in [0.15, 0.2) is 5.96 Å². The standard InChI is InChI=1S/C17H19BCl2N4O2/c19-13-5-1-11(2-6-13)18(12-3-7-14(20)8-4-12)26-16(25)15(21)9-10-24-17(22)23/h1-8,15H,9-10,21H2,(H4,22,23,24). The van der Waals surface area contributed by atoms with Crippen molar-refractivity contribution in [2.24, 2.45) is 11.5 Å². The smallest absolute Gasteiger partial charge is 0.429 e. The van der Waals surface area contributed by atoms with E-state index in [9.17, 15) is 4.79 Å². The molecule has 0 bridgehead atoms. The van der Waals surface area contributed by atoms with Crippen LogP contribution in [0.4, 0.5) is 0 Å². The number of rotatable bonds is 7. The summed E-state index contributed by atoms with van der Waals surface area (Å²) in [5, 5.41) is 10.9. The van der Waals surface area contributed by atoms with Gasteiger partial charge in [0, 0.05) is 16.6 Å². The number of benzene rings is 2. The van der Waals surface area contributed by atoms with Crippen molar-refractivity contribution in [2.45, 2.75) is 12.5 Å². The third-order valence-electron chi connectivity index (χ3n) is 3.65. The quantitative estimate of drug-likeness (QED) is 0.316. The molecule has 0 spiro atoms. The predicted molar refractivity (Wildman–Crippen MR) is 107 cm³/mol. The molecule has 1 unspecified atom stereocenters. The van der Waals surface area contributed by atoms with E-state index in [0.29, 0.717) is 16.6 Å². The van der Waals surface area contributed by atoms with Crippen molar-refractivity contribution in [1.82, 2.24) is 5.32 Å². The molecule has 1 atom stereocenters. The summed E-state index contributed by atoms with van der Waals surface area (Å²) >= 11 is 11.9. The molecule has 2 rings (SSSR count). The van der Waals surface area contributed by atoms with Crippen LogP contribution in [0.1, 0.15) is 6.42 Å². The van der Waals surface area contributed by atoms with E-state index >= 15 is 0 Å². The molecule has 0 aliphatic carbocycles. The van der Waals surface area contributed by atoms with Gasteiger partial charge in [0.1, 0.15) is 6.04 Å². The van der Waals surface area contributed by atoms with Gasteiger partial charge >= 0.3 is 12.9 Å². The molecule has 2 aromatic rings. The van der Waals surface area contributed by atoms with Crippen molar-refractivity contribution in [3.63, 3.8) is 0 Å². The zero-order valence-electron chi connectivity index (χ0n) is 13.9. The Morgan fingerprint density at radius 2 is 1.54 bits per heavy atom. The zero-order chi connectivity index (χ0) is 19.1. The van der Waals surface area contributed by atoms with Gasteiger partial charge in [-0.15, -0.1) is 0 Å². The van der Waals surface area contributed by atoms with Crippen LogP contribution in [-0.2, 0) is 9.45 Å². The minimum Gasteiger partial charge on any atom is -0.525 e. The number of hydrogen-bond donors (Lipinski definition) is 4. The summed E-state index contributed by atoms with van der Waals surface area (Å²) in [5.74, 6) is -0.726. The van der Waals surface area contributed by atoms with Crippen LogP contribution in [0.3, 0.4) is 0 Å². The van der Waals surface area contributed by atoms with Crippen LogP contribution < -0.4 is 27.7 Å². The Kier molecular flexibility index (Phi) is 7.32. The highest BCUT2D eigenvalue weighted by atomic mass is 35.5. The molecule has 0 aliphatic heterocycles. The van der Waals surface area contributed by atoms with Crippen LogP contribution >= 0.6 is 23.2 Å². The largest absolute Gasteiger partial charge is 0.525 e. The number of nitrogens with two attached hydrogens (primary N) is 2. The van der Waals surface area contributed by atoms with Gasteiger partial charge in [-0.1, -0.05) is 47.5 Å². The van der Waals surface area contributed by atoms with Gasteiger partial charge in [-0.3, -0.25) is 10.2 Å². The number of nitrogens with one attached hydrogen (secondary N) is 2.